The van der Waals surface area contributed by atoms with Gasteiger partial charge in [0, 0.05) is 0 Å². The van der Waals surface area contributed by atoms with Gasteiger partial charge in [0.25, 0.3) is 10.0 Å². The van der Waals surface area contributed by atoms with Gasteiger partial charge in [0.1, 0.15) is 12.4 Å². The van der Waals surface area contributed by atoms with Gasteiger partial charge in [-0.25, -0.2) is 18.4 Å². The number of nitrogens with zero attached hydrogens (tertiary/aromatic N) is 3. The maximum absolute atomic E-state index is 12.0. The van der Waals surface area contributed by atoms with E-state index in [0.29, 0.717) is 0 Å². The third kappa shape index (κ3) is 2.99. The summed E-state index contributed by atoms with van der Waals surface area (Å²) in [6, 6.07) is 5.72. The normalized spacial score (nSPS) is 10.7. The van der Waals surface area contributed by atoms with Gasteiger partial charge in [-0.1, -0.05) is 11.6 Å². The van der Waals surface area contributed by atoms with E-state index in [4.69, 9.17) is 16.9 Å². The minimum atomic E-state index is -3.78. The van der Waals surface area contributed by atoms with Crippen molar-refractivity contribution in [1.29, 1.82) is 5.26 Å². The summed E-state index contributed by atoms with van der Waals surface area (Å²) in [6.07, 6.45) is 3.95. The van der Waals surface area contributed by atoms with Gasteiger partial charge in [-0.2, -0.15) is 5.26 Å². The number of nitriles is 1. The highest BCUT2D eigenvalue weighted by atomic mass is 35.5. The van der Waals surface area contributed by atoms with Gasteiger partial charge < -0.3 is 0 Å². The molecule has 8 heteroatoms. The predicted octanol–water partition coefficient (Wildman–Crippen LogP) is 1.80. The molecule has 1 N–H and O–H groups in total. The van der Waals surface area contributed by atoms with E-state index >= 15 is 0 Å². The Morgan fingerprint density at radius 1 is 1.26 bits per heavy atom. The number of anilines is 1. The summed E-state index contributed by atoms with van der Waals surface area (Å²) < 4.78 is 26.4. The fourth-order valence-corrected chi connectivity index (χ4v) is 2.66. The summed E-state index contributed by atoms with van der Waals surface area (Å²) in [7, 11) is -3.78. The van der Waals surface area contributed by atoms with Crippen LogP contribution in [0.3, 0.4) is 0 Å². The summed E-state index contributed by atoms with van der Waals surface area (Å²) in [5, 5.41) is 8.81. The van der Waals surface area contributed by atoms with Crippen molar-refractivity contribution in [2.24, 2.45) is 0 Å². The lowest BCUT2D eigenvalue weighted by Crippen LogP contribution is -2.13. The van der Waals surface area contributed by atoms with Gasteiger partial charge in [0.05, 0.1) is 33.6 Å². The number of rotatable bonds is 3. The molecule has 0 spiro atoms. The third-order valence-corrected chi connectivity index (χ3v) is 3.88. The van der Waals surface area contributed by atoms with Crippen LogP contribution in [0.4, 0.5) is 5.69 Å². The van der Waals surface area contributed by atoms with E-state index in [-0.39, 0.29) is 21.2 Å². The van der Waals surface area contributed by atoms with Crippen LogP contribution in [0.5, 0.6) is 0 Å². The molecule has 0 aliphatic heterocycles. The number of halogens is 1. The lowest BCUT2D eigenvalue weighted by Gasteiger charge is -2.07. The third-order valence-electron chi connectivity index (χ3n) is 2.18. The Labute approximate surface area is 114 Å². The first-order valence-electron chi connectivity index (χ1n) is 5.00. The van der Waals surface area contributed by atoms with Crippen molar-refractivity contribution in [3.05, 3.63) is 47.5 Å². The lowest BCUT2D eigenvalue weighted by atomic mass is 10.2. The molecule has 19 heavy (non-hydrogen) atoms. The van der Waals surface area contributed by atoms with Gasteiger partial charge in [-0.05, 0) is 18.2 Å². The van der Waals surface area contributed by atoms with E-state index in [1.165, 1.54) is 36.9 Å². The highest BCUT2D eigenvalue weighted by Crippen LogP contribution is 2.21. The molecule has 0 bridgehead atoms. The molecule has 0 atom stereocenters. The minimum Gasteiger partial charge on any atom is -0.276 e. The molecule has 6 nitrogen and oxygen atoms in total. The van der Waals surface area contributed by atoms with Crippen LogP contribution in [0.25, 0.3) is 0 Å². The second-order valence-corrected chi connectivity index (χ2v) is 5.58. The van der Waals surface area contributed by atoms with E-state index in [1.807, 2.05) is 6.07 Å². The second-order valence-electron chi connectivity index (χ2n) is 3.49. The molecular weight excluding hydrogens is 288 g/mol. The van der Waals surface area contributed by atoms with Gasteiger partial charge >= 0.3 is 0 Å². The largest absolute Gasteiger partial charge is 0.276 e. The average molecular weight is 295 g/mol. The first kappa shape index (κ1) is 13.3. The Morgan fingerprint density at radius 2 is 1.95 bits per heavy atom. The molecule has 0 unspecified atom stereocenters. The number of sulfonamides is 1. The fourth-order valence-electron chi connectivity index (χ4n) is 1.32. The van der Waals surface area contributed by atoms with Crippen molar-refractivity contribution in [2.45, 2.75) is 4.90 Å². The summed E-state index contributed by atoms with van der Waals surface area (Å²) in [6.45, 7) is 0. The molecule has 0 aliphatic rings. The Morgan fingerprint density at radius 3 is 2.53 bits per heavy atom. The number of hydrogen-bond acceptors (Lipinski definition) is 5. The maximum Gasteiger partial charge on any atom is 0.262 e. The monoisotopic (exact) mass is 294 g/mol. The molecule has 1 aromatic heterocycles. The van der Waals surface area contributed by atoms with E-state index in [0.717, 1.165) is 0 Å². The van der Waals surface area contributed by atoms with Crippen LogP contribution in [0.1, 0.15) is 5.56 Å². The van der Waals surface area contributed by atoms with Crippen molar-refractivity contribution in [3.63, 3.8) is 0 Å². The first-order chi connectivity index (χ1) is 9.03. The fraction of sp³-hybridized carbons (Fsp3) is 0. The minimum absolute atomic E-state index is 0.0413. The highest BCUT2D eigenvalue weighted by Gasteiger charge is 2.16. The number of hydrogen-bond donors (Lipinski definition) is 1. The van der Waals surface area contributed by atoms with E-state index < -0.39 is 10.0 Å². The summed E-state index contributed by atoms with van der Waals surface area (Å²) in [5.41, 5.74) is 0.451. The molecule has 0 saturated carbocycles. The molecule has 0 amide bonds. The smallest absolute Gasteiger partial charge is 0.262 e. The number of benzene rings is 1. The van der Waals surface area contributed by atoms with Crippen molar-refractivity contribution in [3.8, 4) is 6.07 Å². The summed E-state index contributed by atoms with van der Waals surface area (Å²) in [4.78, 5) is 7.36. The predicted molar refractivity (Wildman–Crippen MR) is 69.0 cm³/mol. The Bertz CT molecular complexity index is 741. The first-order valence-corrected chi connectivity index (χ1v) is 6.86. The summed E-state index contributed by atoms with van der Waals surface area (Å²) >= 11 is 5.80. The van der Waals surface area contributed by atoms with Crippen LogP contribution in [0.15, 0.2) is 41.8 Å². The summed E-state index contributed by atoms with van der Waals surface area (Å²) in [5.74, 6) is 0. The molecule has 2 aromatic rings. The van der Waals surface area contributed by atoms with Crippen LogP contribution < -0.4 is 4.72 Å². The van der Waals surface area contributed by atoms with E-state index in [1.54, 1.807) is 0 Å². The van der Waals surface area contributed by atoms with Crippen LogP contribution in [-0.4, -0.2) is 18.4 Å². The number of nitrogens with one attached hydrogen (secondary N) is 1. The average Bonchev–Trinajstić information content (AvgIpc) is 2.39. The van der Waals surface area contributed by atoms with Crippen LogP contribution in [-0.2, 0) is 10.0 Å². The molecule has 96 valence electrons. The Kier molecular flexibility index (Phi) is 3.64. The van der Waals surface area contributed by atoms with Gasteiger partial charge in [0.2, 0.25) is 0 Å². The highest BCUT2D eigenvalue weighted by molar-refractivity contribution is 7.92. The van der Waals surface area contributed by atoms with Crippen LogP contribution >= 0.6 is 11.6 Å². The van der Waals surface area contributed by atoms with Crippen molar-refractivity contribution in [1.82, 2.24) is 9.97 Å². The quantitative estimate of drug-likeness (QED) is 0.931. The van der Waals surface area contributed by atoms with Gasteiger partial charge in [-0.3, -0.25) is 4.72 Å². The molecule has 0 saturated heterocycles. The molecule has 0 fully saturated rings. The Balaban J connectivity index is 2.36. The lowest BCUT2D eigenvalue weighted by molar-refractivity contribution is 0.601. The standard InChI is InChI=1S/C11H7ClN4O2S/c12-11-3-10(2-1-8(11)4-13)19(17,18)16-9-5-14-7-15-6-9/h1-3,5-7,16H. The van der Waals surface area contributed by atoms with Crippen LogP contribution in [0, 0.1) is 11.3 Å². The molecular formula is C11H7ClN4O2S. The Hall–Kier alpha value is -2.17. The zero-order chi connectivity index (χ0) is 13.9. The molecule has 0 aliphatic carbocycles. The van der Waals surface area contributed by atoms with Gasteiger partial charge in [-0.15, -0.1) is 0 Å². The molecule has 1 aromatic carbocycles. The topological polar surface area (TPSA) is 95.7 Å². The number of aromatic nitrogens is 2. The van der Waals surface area contributed by atoms with Crippen molar-refractivity contribution < 1.29 is 8.42 Å². The second kappa shape index (κ2) is 5.22. The molecule has 1 heterocycles. The molecule has 0 radical (unpaired) electrons. The SMILES string of the molecule is N#Cc1ccc(S(=O)(=O)Nc2cncnc2)cc1Cl. The van der Waals surface area contributed by atoms with Crippen molar-refractivity contribution >= 4 is 27.3 Å². The van der Waals surface area contributed by atoms with Crippen LogP contribution in [0.2, 0.25) is 5.02 Å². The van der Waals surface area contributed by atoms with E-state index in [2.05, 4.69) is 14.7 Å². The maximum atomic E-state index is 12.0. The van der Waals surface area contributed by atoms with Gasteiger partial charge in [0.15, 0.2) is 0 Å². The van der Waals surface area contributed by atoms with Crippen molar-refractivity contribution in [2.75, 3.05) is 4.72 Å². The molecule has 2 rings (SSSR count). The zero-order valence-corrected chi connectivity index (χ0v) is 11.0. The van der Waals surface area contributed by atoms with E-state index in [9.17, 15) is 8.42 Å². The zero-order valence-electron chi connectivity index (χ0n) is 9.41.